The first kappa shape index (κ1) is 13.2. The molecule has 0 aliphatic carbocycles. The van der Waals surface area contributed by atoms with E-state index in [-0.39, 0.29) is 24.0 Å². The highest BCUT2D eigenvalue weighted by Gasteiger charge is 2.03. The Bertz CT molecular complexity index is 407. The second-order valence-corrected chi connectivity index (χ2v) is 3.38. The third kappa shape index (κ3) is 4.22. The molecular weight excluding hydrogens is 225 g/mol. The molecule has 0 saturated heterocycles. The molecule has 0 saturated carbocycles. The van der Waals surface area contributed by atoms with Crippen molar-refractivity contribution in [3.63, 3.8) is 0 Å². The maximum absolute atomic E-state index is 13.2. The summed E-state index contributed by atoms with van der Waals surface area (Å²) in [5, 5.41) is 7.34. The Morgan fingerprint density at radius 1 is 1.53 bits per heavy atom. The van der Waals surface area contributed by atoms with Crippen LogP contribution in [0.15, 0.2) is 18.2 Å². The maximum Gasteiger partial charge on any atom is 0.232 e. The Morgan fingerprint density at radius 3 is 2.88 bits per heavy atom. The number of ether oxygens (including phenoxy) is 2. The van der Waals surface area contributed by atoms with Crippen LogP contribution in [0.1, 0.15) is 30.1 Å². The summed E-state index contributed by atoms with van der Waals surface area (Å²) >= 11 is 0. The van der Waals surface area contributed by atoms with Gasteiger partial charge >= 0.3 is 0 Å². The topological polar surface area (TPSA) is 59.4 Å². The van der Waals surface area contributed by atoms with Gasteiger partial charge in [-0.15, -0.1) is 0 Å². The Kier molecular flexibility index (Phi) is 5.13. The first-order valence-corrected chi connectivity index (χ1v) is 5.25. The molecule has 0 heterocycles. The first-order valence-electron chi connectivity index (χ1n) is 5.25. The zero-order valence-corrected chi connectivity index (χ0v) is 9.53. The Balaban J connectivity index is 2.44. The molecule has 0 fully saturated rings. The zero-order chi connectivity index (χ0) is 12.7. The van der Waals surface area contributed by atoms with Crippen molar-refractivity contribution >= 4 is 12.2 Å². The lowest BCUT2D eigenvalue weighted by molar-refractivity contribution is 0.105. The first-order chi connectivity index (χ1) is 8.17. The normalized spacial score (nSPS) is 9.76. The molecule has 0 aromatic heterocycles. The van der Waals surface area contributed by atoms with Crippen LogP contribution in [0, 0.1) is 11.2 Å². The molecule has 1 aromatic carbocycles. The Labute approximate surface area is 98.9 Å². The van der Waals surface area contributed by atoms with Crippen LogP contribution in [0.25, 0.3) is 0 Å². The largest absolute Gasteiger partial charge is 0.457 e. The third-order valence-electron chi connectivity index (χ3n) is 2.03. The van der Waals surface area contributed by atoms with E-state index in [1.807, 2.05) is 6.92 Å². The van der Waals surface area contributed by atoms with Crippen molar-refractivity contribution in [2.75, 3.05) is 6.79 Å². The van der Waals surface area contributed by atoms with E-state index in [2.05, 4.69) is 0 Å². The summed E-state index contributed by atoms with van der Waals surface area (Å²) in [6.07, 6.45) is 1.80. The Morgan fingerprint density at radius 2 is 2.29 bits per heavy atom. The van der Waals surface area contributed by atoms with Crippen LogP contribution in [-0.4, -0.2) is 19.0 Å². The van der Waals surface area contributed by atoms with Crippen LogP contribution in [0.2, 0.25) is 0 Å². The fraction of sp³-hybridized carbons (Fsp3) is 0.333. The summed E-state index contributed by atoms with van der Waals surface area (Å²) in [5.41, 5.74) is -0.0167. The van der Waals surface area contributed by atoms with Gasteiger partial charge in [0.1, 0.15) is 11.6 Å². The highest BCUT2D eigenvalue weighted by molar-refractivity contribution is 5.75. The van der Waals surface area contributed by atoms with E-state index in [0.717, 1.165) is 12.5 Å². The molecule has 17 heavy (non-hydrogen) atoms. The highest BCUT2D eigenvalue weighted by atomic mass is 19.1. The molecule has 0 spiro atoms. The number of benzene rings is 1. The van der Waals surface area contributed by atoms with Crippen LogP contribution in [0.4, 0.5) is 4.39 Å². The average Bonchev–Trinajstić information content (AvgIpc) is 2.29. The smallest absolute Gasteiger partial charge is 0.232 e. The van der Waals surface area contributed by atoms with Gasteiger partial charge in [-0.1, -0.05) is 6.92 Å². The molecule has 92 valence electrons. The predicted molar refractivity (Wildman–Crippen MR) is 61.0 cm³/mol. The molecule has 0 aliphatic rings. The van der Waals surface area contributed by atoms with Crippen LogP contribution in [0.5, 0.6) is 5.75 Å². The number of carbonyl (C=O) groups is 1. The van der Waals surface area contributed by atoms with Crippen LogP contribution in [-0.2, 0) is 4.74 Å². The number of halogens is 1. The van der Waals surface area contributed by atoms with Gasteiger partial charge < -0.3 is 9.47 Å². The van der Waals surface area contributed by atoms with Gasteiger partial charge in [0.2, 0.25) is 6.79 Å². The fourth-order valence-electron chi connectivity index (χ4n) is 1.16. The lowest BCUT2D eigenvalue weighted by Crippen LogP contribution is -2.09. The second-order valence-electron chi connectivity index (χ2n) is 3.38. The molecule has 5 heteroatoms. The number of carbonyl (C=O) groups excluding carboxylic acids is 1. The molecule has 0 amide bonds. The second kappa shape index (κ2) is 6.62. The molecule has 1 aromatic rings. The van der Waals surface area contributed by atoms with Crippen molar-refractivity contribution in [2.24, 2.45) is 0 Å². The van der Waals surface area contributed by atoms with Gasteiger partial charge in [0.15, 0.2) is 12.2 Å². The number of hydrogen-bond acceptors (Lipinski definition) is 4. The number of nitrogens with one attached hydrogen (secondary N) is 1. The maximum atomic E-state index is 13.2. The van der Waals surface area contributed by atoms with E-state index < -0.39 is 5.82 Å². The summed E-state index contributed by atoms with van der Waals surface area (Å²) in [4.78, 5) is 10.4. The SMILES string of the molecule is CCCC(=N)OCOc1ccc(C=O)c(F)c1. The lowest BCUT2D eigenvalue weighted by atomic mass is 10.2. The molecule has 0 atom stereocenters. The summed E-state index contributed by atoms with van der Waals surface area (Å²) in [7, 11) is 0. The summed E-state index contributed by atoms with van der Waals surface area (Å²) < 4.78 is 23.2. The molecule has 0 unspecified atom stereocenters. The van der Waals surface area contributed by atoms with E-state index in [0.29, 0.717) is 12.7 Å². The van der Waals surface area contributed by atoms with Crippen molar-refractivity contribution in [3.05, 3.63) is 29.6 Å². The van der Waals surface area contributed by atoms with Crippen LogP contribution >= 0.6 is 0 Å². The molecule has 0 aliphatic heterocycles. The van der Waals surface area contributed by atoms with Crippen LogP contribution in [0.3, 0.4) is 0 Å². The highest BCUT2D eigenvalue weighted by Crippen LogP contribution is 2.15. The summed E-state index contributed by atoms with van der Waals surface area (Å²) in [5.74, 6) is -0.240. The standard InChI is InChI=1S/C12H14FNO3/c1-2-3-12(14)17-8-16-10-5-4-9(7-15)11(13)6-10/h4-7,14H,2-3,8H2,1H3. The van der Waals surface area contributed by atoms with E-state index in [9.17, 15) is 9.18 Å². The van der Waals surface area contributed by atoms with E-state index in [1.165, 1.54) is 12.1 Å². The van der Waals surface area contributed by atoms with Gasteiger partial charge in [0.25, 0.3) is 0 Å². The van der Waals surface area contributed by atoms with Crippen molar-refractivity contribution < 1.29 is 18.7 Å². The van der Waals surface area contributed by atoms with Gasteiger partial charge in [-0.2, -0.15) is 0 Å². The van der Waals surface area contributed by atoms with Crippen molar-refractivity contribution in [1.82, 2.24) is 0 Å². The summed E-state index contributed by atoms with van der Waals surface area (Å²) in [6.45, 7) is 1.80. The lowest BCUT2D eigenvalue weighted by Gasteiger charge is -2.08. The van der Waals surface area contributed by atoms with Gasteiger partial charge in [-0.25, -0.2) is 4.39 Å². The average molecular weight is 239 g/mol. The van der Waals surface area contributed by atoms with E-state index >= 15 is 0 Å². The van der Waals surface area contributed by atoms with Crippen molar-refractivity contribution in [3.8, 4) is 5.75 Å². The van der Waals surface area contributed by atoms with E-state index in [4.69, 9.17) is 14.9 Å². The molecule has 1 rings (SSSR count). The molecule has 0 radical (unpaired) electrons. The molecule has 0 bridgehead atoms. The van der Waals surface area contributed by atoms with Crippen molar-refractivity contribution in [2.45, 2.75) is 19.8 Å². The van der Waals surface area contributed by atoms with Gasteiger partial charge in [0, 0.05) is 12.5 Å². The quantitative estimate of drug-likeness (QED) is 0.359. The summed E-state index contributed by atoms with van der Waals surface area (Å²) in [6, 6.07) is 3.91. The van der Waals surface area contributed by atoms with E-state index in [1.54, 1.807) is 0 Å². The molecule has 1 N–H and O–H groups in total. The number of rotatable bonds is 6. The van der Waals surface area contributed by atoms with Gasteiger partial charge in [0.05, 0.1) is 5.56 Å². The van der Waals surface area contributed by atoms with Gasteiger partial charge in [-0.3, -0.25) is 10.2 Å². The number of hydrogen-bond donors (Lipinski definition) is 1. The minimum atomic E-state index is -0.638. The van der Waals surface area contributed by atoms with Gasteiger partial charge in [-0.05, 0) is 18.6 Å². The minimum Gasteiger partial charge on any atom is -0.457 e. The van der Waals surface area contributed by atoms with Crippen LogP contribution < -0.4 is 4.74 Å². The monoisotopic (exact) mass is 239 g/mol. The zero-order valence-electron chi connectivity index (χ0n) is 9.53. The Hall–Kier alpha value is -1.91. The molecule has 4 nitrogen and oxygen atoms in total. The predicted octanol–water partition coefficient (Wildman–Crippen LogP) is 2.77. The fourth-order valence-corrected chi connectivity index (χ4v) is 1.16. The third-order valence-corrected chi connectivity index (χ3v) is 2.03. The molecular formula is C12H14FNO3. The van der Waals surface area contributed by atoms with Crippen molar-refractivity contribution in [1.29, 1.82) is 5.41 Å². The minimum absolute atomic E-state index is 0.0167. The number of aldehydes is 1.